The van der Waals surface area contributed by atoms with Crippen LogP contribution in [0, 0.1) is 16.7 Å². The standard InChI is InChI=1S/C30H45NO4/c1-27(2,3)20-14-18(15-21(25(20)33)28(4,5)6)17-31-22(10-11-24(31)32)26(34)35-23-16-19-12-13-30(23,9)29(19,7)8/h14-15,19,22-23,33H,10-13,16-17H2,1-9H3/t19-,22?,23+,30+/m1/s1. The molecule has 3 fully saturated rings. The van der Waals surface area contributed by atoms with Crippen molar-refractivity contribution < 1.29 is 19.4 Å². The minimum atomic E-state index is -0.543. The van der Waals surface area contributed by atoms with E-state index in [-0.39, 0.29) is 39.6 Å². The Balaban J connectivity index is 1.58. The number of carbonyl (C=O) groups excluding carboxylic acids is 2. The van der Waals surface area contributed by atoms with Crippen LogP contribution in [0.1, 0.15) is 111 Å². The number of rotatable bonds is 4. The average molecular weight is 484 g/mol. The second-order valence-corrected chi connectivity index (χ2v) is 14.2. The molecular weight excluding hydrogens is 438 g/mol. The predicted molar refractivity (Wildman–Crippen MR) is 138 cm³/mol. The third-order valence-electron chi connectivity index (χ3n) is 9.71. The third-order valence-corrected chi connectivity index (χ3v) is 9.71. The van der Waals surface area contributed by atoms with Crippen molar-refractivity contribution in [3.63, 3.8) is 0 Å². The van der Waals surface area contributed by atoms with Crippen LogP contribution in [0.4, 0.5) is 0 Å². The van der Waals surface area contributed by atoms with Gasteiger partial charge in [-0.1, -0.05) is 62.3 Å². The number of nitrogens with zero attached hydrogens (tertiary/aromatic N) is 1. The van der Waals surface area contributed by atoms with Crippen LogP contribution >= 0.6 is 0 Å². The van der Waals surface area contributed by atoms with Crippen LogP contribution in [0.5, 0.6) is 5.75 Å². The summed E-state index contributed by atoms with van der Waals surface area (Å²) < 4.78 is 6.19. The van der Waals surface area contributed by atoms with Gasteiger partial charge in [-0.05, 0) is 76.7 Å². The quantitative estimate of drug-likeness (QED) is 0.515. The topological polar surface area (TPSA) is 66.8 Å². The molecule has 0 aromatic heterocycles. The van der Waals surface area contributed by atoms with Gasteiger partial charge in [0.05, 0.1) is 0 Å². The van der Waals surface area contributed by atoms with Gasteiger partial charge in [0.15, 0.2) is 0 Å². The zero-order valence-corrected chi connectivity index (χ0v) is 23.2. The zero-order valence-electron chi connectivity index (χ0n) is 23.2. The van der Waals surface area contributed by atoms with Crippen molar-refractivity contribution >= 4 is 11.9 Å². The maximum Gasteiger partial charge on any atom is 0.329 e. The number of hydrogen-bond acceptors (Lipinski definition) is 4. The molecule has 1 amide bonds. The second-order valence-electron chi connectivity index (χ2n) is 14.2. The first kappa shape index (κ1) is 26.0. The number of aromatic hydroxyl groups is 1. The highest BCUT2D eigenvalue weighted by atomic mass is 16.5. The molecule has 1 unspecified atom stereocenters. The Kier molecular flexibility index (Phi) is 6.13. The molecule has 4 rings (SSSR count). The van der Waals surface area contributed by atoms with Crippen LogP contribution in [0.3, 0.4) is 0 Å². The highest BCUT2D eigenvalue weighted by Gasteiger charge is 2.63. The lowest BCUT2D eigenvalue weighted by molar-refractivity contribution is -0.164. The van der Waals surface area contributed by atoms with Crippen molar-refractivity contribution in [3.8, 4) is 5.75 Å². The number of carbonyl (C=O) groups is 2. The summed E-state index contributed by atoms with van der Waals surface area (Å²) in [6, 6.07) is 3.45. The molecule has 194 valence electrons. The Hall–Kier alpha value is -2.04. The number of likely N-dealkylation sites (tertiary alicyclic amines) is 1. The van der Waals surface area contributed by atoms with Crippen LogP contribution in [0.15, 0.2) is 12.1 Å². The highest BCUT2D eigenvalue weighted by Crippen LogP contribution is 2.66. The number of benzene rings is 1. The summed E-state index contributed by atoms with van der Waals surface area (Å²) in [4.78, 5) is 28.1. The van der Waals surface area contributed by atoms with Gasteiger partial charge in [0, 0.05) is 18.4 Å². The first-order valence-corrected chi connectivity index (χ1v) is 13.3. The van der Waals surface area contributed by atoms with Crippen molar-refractivity contribution in [2.24, 2.45) is 16.7 Å². The van der Waals surface area contributed by atoms with Crippen molar-refractivity contribution in [1.29, 1.82) is 0 Å². The molecule has 5 nitrogen and oxygen atoms in total. The minimum absolute atomic E-state index is 0.000939. The molecular formula is C30H45NO4. The zero-order chi connectivity index (χ0) is 26.1. The third kappa shape index (κ3) is 4.27. The molecule has 2 bridgehead atoms. The van der Waals surface area contributed by atoms with Crippen LogP contribution in [0.25, 0.3) is 0 Å². The van der Waals surface area contributed by atoms with Crippen molar-refractivity contribution in [3.05, 3.63) is 28.8 Å². The molecule has 1 N–H and O–H groups in total. The van der Waals surface area contributed by atoms with Gasteiger partial charge in [-0.25, -0.2) is 4.79 Å². The fourth-order valence-corrected chi connectivity index (χ4v) is 6.83. The van der Waals surface area contributed by atoms with Gasteiger partial charge >= 0.3 is 5.97 Å². The molecule has 1 aromatic carbocycles. The summed E-state index contributed by atoms with van der Waals surface area (Å²) in [5.41, 5.74) is 2.34. The average Bonchev–Trinajstić information content (AvgIpc) is 3.25. The molecule has 5 heteroatoms. The number of phenols is 1. The van der Waals surface area contributed by atoms with Crippen molar-refractivity contribution in [1.82, 2.24) is 4.90 Å². The fraction of sp³-hybridized carbons (Fsp3) is 0.733. The number of fused-ring (bicyclic) bond motifs is 2. The van der Waals surface area contributed by atoms with E-state index in [9.17, 15) is 14.7 Å². The molecule has 2 aliphatic carbocycles. The van der Waals surface area contributed by atoms with Gasteiger partial charge in [0.1, 0.15) is 17.9 Å². The summed E-state index contributed by atoms with van der Waals surface area (Å²) in [6.45, 7) is 19.7. The number of phenolic OH excluding ortho intramolecular Hbond substituents is 1. The van der Waals surface area contributed by atoms with Crippen molar-refractivity contribution in [2.45, 2.75) is 124 Å². The van der Waals surface area contributed by atoms with Crippen LogP contribution in [0.2, 0.25) is 0 Å². The number of hydrogen-bond donors (Lipinski definition) is 1. The van der Waals surface area contributed by atoms with E-state index >= 15 is 0 Å². The first-order chi connectivity index (χ1) is 16.0. The minimum Gasteiger partial charge on any atom is -0.507 e. The van der Waals surface area contributed by atoms with E-state index in [1.807, 2.05) is 12.1 Å². The summed E-state index contributed by atoms with van der Waals surface area (Å²) in [6.07, 6.45) is 4.02. The Bertz CT molecular complexity index is 993. The Morgan fingerprint density at radius 2 is 1.63 bits per heavy atom. The summed E-state index contributed by atoms with van der Waals surface area (Å²) in [5.74, 6) is 0.658. The molecule has 0 radical (unpaired) electrons. The largest absolute Gasteiger partial charge is 0.507 e. The van der Waals surface area contributed by atoms with Crippen LogP contribution in [-0.2, 0) is 31.7 Å². The smallest absolute Gasteiger partial charge is 0.329 e. The molecule has 1 saturated heterocycles. The van der Waals surface area contributed by atoms with Gasteiger partial charge < -0.3 is 14.7 Å². The lowest BCUT2D eigenvalue weighted by atomic mass is 9.70. The Morgan fingerprint density at radius 3 is 2.09 bits per heavy atom. The maximum absolute atomic E-state index is 13.4. The summed E-state index contributed by atoms with van der Waals surface area (Å²) in [7, 11) is 0. The predicted octanol–water partition coefficient (Wildman–Crippen LogP) is 6.24. The van der Waals surface area contributed by atoms with E-state index in [1.54, 1.807) is 4.90 Å². The number of ether oxygens (including phenoxy) is 1. The van der Waals surface area contributed by atoms with E-state index in [2.05, 4.69) is 62.3 Å². The molecule has 0 spiro atoms. The number of amides is 1. The maximum atomic E-state index is 13.4. The van der Waals surface area contributed by atoms with Gasteiger partial charge in [-0.2, -0.15) is 0 Å². The van der Waals surface area contributed by atoms with E-state index in [0.29, 0.717) is 31.1 Å². The Labute approximate surface area is 211 Å². The molecule has 4 atom stereocenters. The SMILES string of the molecule is CC(C)(C)c1cc(CN2C(=O)CCC2C(=O)O[C@H]2C[C@H]3CC[C@]2(C)C3(C)C)cc(C(C)(C)C)c1O. The lowest BCUT2D eigenvalue weighted by Gasteiger charge is -2.39. The lowest BCUT2D eigenvalue weighted by Crippen LogP contribution is -2.44. The van der Waals surface area contributed by atoms with E-state index in [1.165, 1.54) is 6.42 Å². The molecule has 1 heterocycles. The van der Waals surface area contributed by atoms with Gasteiger partial charge in [-0.3, -0.25) is 4.79 Å². The summed E-state index contributed by atoms with van der Waals surface area (Å²) >= 11 is 0. The van der Waals surface area contributed by atoms with E-state index < -0.39 is 6.04 Å². The normalized spacial score (nSPS) is 30.3. The van der Waals surface area contributed by atoms with E-state index in [0.717, 1.165) is 29.5 Å². The summed E-state index contributed by atoms with van der Waals surface area (Å²) in [5, 5.41) is 11.1. The monoisotopic (exact) mass is 483 g/mol. The highest BCUT2D eigenvalue weighted by molar-refractivity contribution is 5.88. The van der Waals surface area contributed by atoms with Crippen LogP contribution < -0.4 is 0 Å². The Morgan fingerprint density at radius 1 is 1.06 bits per heavy atom. The molecule has 2 saturated carbocycles. The van der Waals surface area contributed by atoms with Crippen LogP contribution in [-0.4, -0.2) is 34.0 Å². The molecule has 35 heavy (non-hydrogen) atoms. The molecule has 3 aliphatic rings. The van der Waals surface area contributed by atoms with Crippen molar-refractivity contribution in [2.75, 3.05) is 0 Å². The van der Waals surface area contributed by atoms with Gasteiger partial charge in [-0.15, -0.1) is 0 Å². The second kappa shape index (κ2) is 8.24. The van der Waals surface area contributed by atoms with E-state index in [4.69, 9.17) is 4.74 Å². The molecule has 1 aliphatic heterocycles. The van der Waals surface area contributed by atoms with Gasteiger partial charge in [0.2, 0.25) is 5.91 Å². The first-order valence-electron chi connectivity index (χ1n) is 13.3. The number of esters is 1. The fourth-order valence-electron chi connectivity index (χ4n) is 6.83. The van der Waals surface area contributed by atoms with Gasteiger partial charge in [0.25, 0.3) is 0 Å². The molecule has 1 aromatic rings.